The lowest BCUT2D eigenvalue weighted by Gasteiger charge is -2.24. The van der Waals surface area contributed by atoms with Crippen molar-refractivity contribution < 1.29 is 0 Å². The van der Waals surface area contributed by atoms with E-state index < -0.39 is 0 Å². The molecular formula is C30H28. The fraction of sp³-hybridized carbons (Fsp3) is 0.133. The molecule has 2 aliphatic rings. The van der Waals surface area contributed by atoms with Gasteiger partial charge in [-0.25, -0.2) is 0 Å². The zero-order valence-electron chi connectivity index (χ0n) is 17.5. The van der Waals surface area contributed by atoms with Gasteiger partial charge in [0.05, 0.1) is 0 Å². The van der Waals surface area contributed by atoms with Crippen LogP contribution in [0.5, 0.6) is 0 Å². The molecule has 4 rings (SSSR count). The van der Waals surface area contributed by atoms with Gasteiger partial charge in [-0.05, 0) is 70.2 Å². The van der Waals surface area contributed by atoms with E-state index in [1.54, 1.807) is 0 Å². The summed E-state index contributed by atoms with van der Waals surface area (Å²) in [5, 5.41) is 0. The topological polar surface area (TPSA) is 0 Å². The van der Waals surface area contributed by atoms with Gasteiger partial charge in [0.1, 0.15) is 0 Å². The van der Waals surface area contributed by atoms with Crippen molar-refractivity contribution in [1.29, 1.82) is 0 Å². The summed E-state index contributed by atoms with van der Waals surface area (Å²) in [6.07, 6.45) is 17.7. The van der Waals surface area contributed by atoms with Gasteiger partial charge in [0, 0.05) is 0 Å². The van der Waals surface area contributed by atoms with Crippen molar-refractivity contribution in [2.45, 2.75) is 25.7 Å². The number of hydrogen-bond donors (Lipinski definition) is 0. The Bertz CT molecular complexity index is 994. The number of hydrogen-bond acceptors (Lipinski definition) is 0. The van der Waals surface area contributed by atoms with Crippen molar-refractivity contribution in [3.8, 4) is 0 Å². The Balaban J connectivity index is 1.83. The highest BCUT2D eigenvalue weighted by Crippen LogP contribution is 2.40. The van der Waals surface area contributed by atoms with Gasteiger partial charge in [-0.2, -0.15) is 0 Å². The molecule has 2 aliphatic carbocycles. The molecule has 148 valence electrons. The van der Waals surface area contributed by atoms with Crippen LogP contribution in [0.3, 0.4) is 0 Å². The van der Waals surface area contributed by atoms with E-state index in [0.29, 0.717) is 0 Å². The van der Waals surface area contributed by atoms with Crippen molar-refractivity contribution in [3.63, 3.8) is 0 Å². The maximum atomic E-state index is 4.21. The third-order valence-corrected chi connectivity index (χ3v) is 5.76. The Labute approximate surface area is 180 Å². The molecule has 0 aliphatic heterocycles. The van der Waals surface area contributed by atoms with Crippen LogP contribution in [-0.2, 0) is 0 Å². The fourth-order valence-electron chi connectivity index (χ4n) is 4.37. The van der Waals surface area contributed by atoms with Crippen molar-refractivity contribution >= 4 is 11.1 Å². The van der Waals surface area contributed by atoms with Gasteiger partial charge in [0.2, 0.25) is 0 Å². The van der Waals surface area contributed by atoms with E-state index in [2.05, 4.69) is 98.1 Å². The van der Waals surface area contributed by atoms with E-state index in [9.17, 15) is 0 Å². The minimum absolute atomic E-state index is 1.05. The number of allylic oxidation sites excluding steroid dienone is 12. The molecule has 2 aromatic rings. The molecule has 0 spiro atoms. The van der Waals surface area contributed by atoms with Gasteiger partial charge in [0.15, 0.2) is 0 Å². The van der Waals surface area contributed by atoms with Crippen LogP contribution in [0.15, 0.2) is 133 Å². The van der Waals surface area contributed by atoms with E-state index >= 15 is 0 Å². The summed E-state index contributed by atoms with van der Waals surface area (Å²) in [4.78, 5) is 0. The highest BCUT2D eigenvalue weighted by molar-refractivity contribution is 5.91. The van der Waals surface area contributed by atoms with Crippen LogP contribution < -0.4 is 0 Å². The summed E-state index contributed by atoms with van der Waals surface area (Å²) in [5.74, 6) is 0. The standard InChI is InChI=1S/C30H28/c1-3-25(29-21-13-11-19-27(29)23-15-7-5-8-16-23)26(4-2)30-22-14-12-20-28(30)24-17-9-6-10-18-24/h3-10,15-22H,1-2,11-14H2/b26-25-. The van der Waals surface area contributed by atoms with Crippen LogP contribution in [0.25, 0.3) is 11.1 Å². The first-order chi connectivity index (χ1) is 14.8. The van der Waals surface area contributed by atoms with Crippen LogP contribution in [-0.4, -0.2) is 0 Å². The molecular weight excluding hydrogens is 360 g/mol. The summed E-state index contributed by atoms with van der Waals surface area (Å²) in [6, 6.07) is 21.3. The second-order valence-electron chi connectivity index (χ2n) is 7.59. The van der Waals surface area contributed by atoms with Crippen molar-refractivity contribution in [2.75, 3.05) is 0 Å². The molecule has 2 aromatic carbocycles. The Kier molecular flexibility index (Phi) is 6.25. The molecule has 0 radical (unpaired) electrons. The zero-order chi connectivity index (χ0) is 20.8. The molecule has 0 fully saturated rings. The summed E-state index contributed by atoms with van der Waals surface area (Å²) >= 11 is 0. The monoisotopic (exact) mass is 388 g/mol. The highest BCUT2D eigenvalue weighted by atomic mass is 14.2. The van der Waals surface area contributed by atoms with Crippen molar-refractivity contribution in [2.24, 2.45) is 0 Å². The van der Waals surface area contributed by atoms with E-state index in [4.69, 9.17) is 0 Å². The number of benzene rings is 2. The molecule has 0 heterocycles. The molecule has 0 bridgehead atoms. The largest absolute Gasteiger partial charge is 0.0984 e. The highest BCUT2D eigenvalue weighted by Gasteiger charge is 2.20. The number of rotatable bonds is 6. The summed E-state index contributed by atoms with van der Waals surface area (Å²) < 4.78 is 0. The quantitative estimate of drug-likeness (QED) is 0.437. The maximum Gasteiger partial charge on any atom is -0.0108 e. The van der Waals surface area contributed by atoms with Crippen molar-refractivity contribution in [1.82, 2.24) is 0 Å². The second-order valence-corrected chi connectivity index (χ2v) is 7.59. The van der Waals surface area contributed by atoms with E-state index in [-0.39, 0.29) is 0 Å². The first kappa shape index (κ1) is 19.9. The third kappa shape index (κ3) is 4.00. The summed E-state index contributed by atoms with van der Waals surface area (Å²) in [5.41, 5.74) is 9.93. The van der Waals surface area contributed by atoms with Gasteiger partial charge in [-0.1, -0.05) is 110 Å². The molecule has 0 N–H and O–H groups in total. The summed E-state index contributed by atoms with van der Waals surface area (Å²) in [7, 11) is 0. The fourth-order valence-corrected chi connectivity index (χ4v) is 4.37. The van der Waals surface area contributed by atoms with Gasteiger partial charge < -0.3 is 0 Å². The predicted molar refractivity (Wildman–Crippen MR) is 131 cm³/mol. The minimum atomic E-state index is 1.05. The van der Waals surface area contributed by atoms with Gasteiger partial charge in [-0.3, -0.25) is 0 Å². The molecule has 0 amide bonds. The molecule has 0 aromatic heterocycles. The lowest BCUT2D eigenvalue weighted by Crippen LogP contribution is -2.04. The van der Waals surface area contributed by atoms with Crippen LogP contribution in [0, 0.1) is 0 Å². The minimum Gasteiger partial charge on any atom is -0.0984 e. The van der Waals surface area contributed by atoms with Gasteiger partial charge in [-0.15, -0.1) is 0 Å². The Morgan fingerprint density at radius 1 is 0.533 bits per heavy atom. The molecule has 0 saturated carbocycles. The summed E-state index contributed by atoms with van der Waals surface area (Å²) in [6.45, 7) is 8.41. The Morgan fingerprint density at radius 2 is 0.900 bits per heavy atom. The second kappa shape index (κ2) is 9.41. The first-order valence-corrected chi connectivity index (χ1v) is 10.8. The van der Waals surface area contributed by atoms with E-state index in [1.165, 1.54) is 33.4 Å². The molecule has 0 nitrogen and oxygen atoms in total. The lowest BCUT2D eigenvalue weighted by atomic mass is 9.80. The average Bonchev–Trinajstić information content (AvgIpc) is 2.84. The zero-order valence-corrected chi connectivity index (χ0v) is 17.5. The Hall–Kier alpha value is -3.38. The lowest BCUT2D eigenvalue weighted by molar-refractivity contribution is 1.02. The van der Waals surface area contributed by atoms with Crippen LogP contribution >= 0.6 is 0 Å². The predicted octanol–water partition coefficient (Wildman–Crippen LogP) is 8.26. The van der Waals surface area contributed by atoms with Crippen molar-refractivity contribution in [3.05, 3.63) is 144 Å². The molecule has 0 atom stereocenters. The van der Waals surface area contributed by atoms with Gasteiger partial charge >= 0.3 is 0 Å². The first-order valence-electron chi connectivity index (χ1n) is 10.8. The molecule has 0 heteroatoms. The smallest absolute Gasteiger partial charge is 0.0108 e. The molecule has 0 saturated heterocycles. The molecule has 0 unspecified atom stereocenters. The maximum absolute atomic E-state index is 4.21. The van der Waals surface area contributed by atoms with E-state index in [0.717, 1.165) is 36.8 Å². The SMILES string of the molecule is C=C/C(C1=CCCC=C1c1ccccc1)=C(\C=C)C1=CCCC=C1c1ccccc1. The average molecular weight is 389 g/mol. The van der Waals surface area contributed by atoms with Crippen LogP contribution in [0.1, 0.15) is 36.8 Å². The van der Waals surface area contributed by atoms with E-state index in [1.807, 2.05) is 12.2 Å². The van der Waals surface area contributed by atoms with Gasteiger partial charge in [0.25, 0.3) is 0 Å². The third-order valence-electron chi connectivity index (χ3n) is 5.76. The Morgan fingerprint density at radius 3 is 1.27 bits per heavy atom. The normalized spacial score (nSPS) is 17.1. The van der Waals surface area contributed by atoms with Crippen LogP contribution in [0.2, 0.25) is 0 Å². The molecule has 30 heavy (non-hydrogen) atoms. The van der Waals surface area contributed by atoms with Crippen LogP contribution in [0.4, 0.5) is 0 Å².